The first-order chi connectivity index (χ1) is 9.15. The summed E-state index contributed by atoms with van der Waals surface area (Å²) < 4.78 is 1.55. The average Bonchev–Trinajstić information content (AvgIpc) is 2.42. The molecule has 0 saturated heterocycles. The molecule has 0 aliphatic rings. The van der Waals surface area contributed by atoms with Crippen LogP contribution in [0.25, 0.3) is 0 Å². The van der Waals surface area contributed by atoms with Crippen molar-refractivity contribution in [3.63, 3.8) is 0 Å². The molecule has 1 rings (SSSR count). The molecule has 0 bridgehead atoms. The van der Waals surface area contributed by atoms with Crippen LogP contribution in [0, 0.1) is 0 Å². The van der Waals surface area contributed by atoms with E-state index in [1.165, 1.54) is 0 Å². The molecular weight excluding hydrogens is 240 g/mol. The Balaban J connectivity index is 2.85. The fraction of sp³-hybridized carbons (Fsp3) is 0.714. The largest absolute Gasteiger partial charge is 0.371 e. The second-order valence-corrected chi connectivity index (χ2v) is 4.68. The van der Waals surface area contributed by atoms with E-state index in [-0.39, 0.29) is 5.56 Å². The first kappa shape index (κ1) is 15.7. The highest BCUT2D eigenvalue weighted by atomic mass is 16.1. The predicted molar refractivity (Wildman–Crippen MR) is 79.8 cm³/mol. The van der Waals surface area contributed by atoms with Crippen molar-refractivity contribution in [3.05, 3.63) is 22.6 Å². The highest BCUT2D eigenvalue weighted by Crippen LogP contribution is 2.08. The van der Waals surface area contributed by atoms with E-state index in [1.807, 2.05) is 7.05 Å². The molecular formula is C14H26N4O. The fourth-order valence-electron chi connectivity index (χ4n) is 2.21. The molecule has 1 aromatic heterocycles. The Bertz CT molecular complexity index is 426. The summed E-state index contributed by atoms with van der Waals surface area (Å²) in [6.07, 6.45) is 3.92. The van der Waals surface area contributed by atoms with Gasteiger partial charge in [-0.3, -0.25) is 4.79 Å². The third kappa shape index (κ3) is 4.35. The lowest BCUT2D eigenvalue weighted by Crippen LogP contribution is -2.36. The van der Waals surface area contributed by atoms with Gasteiger partial charge in [0, 0.05) is 25.2 Å². The van der Waals surface area contributed by atoms with Crippen LogP contribution in [0.3, 0.4) is 0 Å². The molecule has 0 aliphatic carbocycles. The van der Waals surface area contributed by atoms with Crippen LogP contribution in [-0.2, 0) is 6.54 Å². The number of rotatable bonds is 8. The maximum atomic E-state index is 12.1. The van der Waals surface area contributed by atoms with Gasteiger partial charge in [-0.2, -0.15) is 5.10 Å². The lowest BCUT2D eigenvalue weighted by molar-refractivity contribution is 0.415. The minimum absolute atomic E-state index is 0.0271. The monoisotopic (exact) mass is 266 g/mol. The highest BCUT2D eigenvalue weighted by molar-refractivity contribution is 5.42. The third-order valence-corrected chi connectivity index (χ3v) is 3.42. The van der Waals surface area contributed by atoms with Crippen molar-refractivity contribution < 1.29 is 0 Å². The zero-order valence-corrected chi connectivity index (χ0v) is 12.5. The predicted octanol–water partition coefficient (Wildman–Crippen LogP) is 1.48. The minimum Gasteiger partial charge on any atom is -0.371 e. The molecule has 1 aromatic rings. The van der Waals surface area contributed by atoms with Gasteiger partial charge in [0.2, 0.25) is 0 Å². The van der Waals surface area contributed by atoms with Gasteiger partial charge in [-0.15, -0.1) is 0 Å². The topological polar surface area (TPSA) is 50.2 Å². The van der Waals surface area contributed by atoms with Crippen LogP contribution < -0.4 is 15.8 Å². The quantitative estimate of drug-likeness (QED) is 0.774. The number of anilines is 1. The van der Waals surface area contributed by atoms with Crippen LogP contribution in [0.1, 0.15) is 33.6 Å². The Morgan fingerprint density at radius 3 is 2.53 bits per heavy atom. The standard InChI is InChI=1S/C14H26N4O/c1-5-8-12(15-4)11-18-14(19)9-13(10-16-18)17(6-2)7-3/h9-10,12,15H,5-8,11H2,1-4H3. The van der Waals surface area contributed by atoms with Gasteiger partial charge in [-0.1, -0.05) is 13.3 Å². The van der Waals surface area contributed by atoms with Crippen LogP contribution in [0.15, 0.2) is 17.1 Å². The summed E-state index contributed by atoms with van der Waals surface area (Å²) in [5, 5.41) is 7.52. The van der Waals surface area contributed by atoms with Crippen molar-refractivity contribution in [1.29, 1.82) is 0 Å². The maximum absolute atomic E-state index is 12.1. The molecule has 0 aliphatic heterocycles. The van der Waals surface area contributed by atoms with Crippen molar-refractivity contribution in [2.24, 2.45) is 0 Å². The van der Waals surface area contributed by atoms with E-state index in [9.17, 15) is 4.79 Å². The van der Waals surface area contributed by atoms with Gasteiger partial charge in [0.25, 0.3) is 5.56 Å². The van der Waals surface area contributed by atoms with E-state index in [0.29, 0.717) is 12.6 Å². The Morgan fingerprint density at radius 2 is 2.05 bits per heavy atom. The number of hydrogen-bond donors (Lipinski definition) is 1. The van der Waals surface area contributed by atoms with Crippen molar-refractivity contribution in [2.45, 2.75) is 46.2 Å². The second kappa shape index (κ2) is 7.94. The van der Waals surface area contributed by atoms with Crippen molar-refractivity contribution >= 4 is 5.69 Å². The molecule has 5 heteroatoms. The summed E-state index contributed by atoms with van der Waals surface area (Å²) in [5.74, 6) is 0. The smallest absolute Gasteiger partial charge is 0.268 e. The molecule has 1 heterocycles. The first-order valence-corrected chi connectivity index (χ1v) is 7.15. The summed E-state index contributed by atoms with van der Waals surface area (Å²) in [6.45, 7) is 8.69. The number of hydrogen-bond acceptors (Lipinski definition) is 4. The van der Waals surface area contributed by atoms with Crippen LogP contribution in [0.4, 0.5) is 5.69 Å². The average molecular weight is 266 g/mol. The van der Waals surface area contributed by atoms with Gasteiger partial charge in [0.1, 0.15) is 0 Å². The molecule has 1 unspecified atom stereocenters. The number of aromatic nitrogens is 2. The SMILES string of the molecule is CCCC(Cn1ncc(N(CC)CC)cc1=O)NC. The molecule has 0 fully saturated rings. The van der Waals surface area contributed by atoms with E-state index in [0.717, 1.165) is 31.6 Å². The summed E-state index contributed by atoms with van der Waals surface area (Å²) in [7, 11) is 1.93. The molecule has 0 spiro atoms. The van der Waals surface area contributed by atoms with E-state index in [1.54, 1.807) is 16.9 Å². The lowest BCUT2D eigenvalue weighted by Gasteiger charge is -2.21. The third-order valence-electron chi connectivity index (χ3n) is 3.42. The summed E-state index contributed by atoms with van der Waals surface area (Å²) >= 11 is 0. The van der Waals surface area contributed by atoms with E-state index in [2.05, 4.69) is 36.1 Å². The van der Waals surface area contributed by atoms with Gasteiger partial charge in [-0.05, 0) is 27.3 Å². The second-order valence-electron chi connectivity index (χ2n) is 4.68. The first-order valence-electron chi connectivity index (χ1n) is 7.15. The normalized spacial score (nSPS) is 12.4. The van der Waals surface area contributed by atoms with Crippen LogP contribution >= 0.6 is 0 Å². The summed E-state index contributed by atoms with van der Waals surface area (Å²) in [4.78, 5) is 14.2. The number of likely N-dealkylation sites (N-methyl/N-ethyl adjacent to an activating group) is 1. The molecule has 19 heavy (non-hydrogen) atoms. The molecule has 1 atom stereocenters. The van der Waals surface area contributed by atoms with E-state index in [4.69, 9.17) is 0 Å². The fourth-order valence-corrected chi connectivity index (χ4v) is 2.21. The van der Waals surface area contributed by atoms with Crippen LogP contribution in [0.5, 0.6) is 0 Å². The Hall–Kier alpha value is -1.36. The van der Waals surface area contributed by atoms with Crippen molar-refractivity contribution in [2.75, 3.05) is 25.0 Å². The van der Waals surface area contributed by atoms with Gasteiger partial charge < -0.3 is 10.2 Å². The number of nitrogens with one attached hydrogen (secondary N) is 1. The maximum Gasteiger partial charge on any atom is 0.268 e. The summed E-state index contributed by atoms with van der Waals surface area (Å²) in [5.41, 5.74) is 0.878. The molecule has 0 saturated carbocycles. The van der Waals surface area contributed by atoms with Gasteiger partial charge in [0.05, 0.1) is 18.4 Å². The number of nitrogens with zero attached hydrogens (tertiary/aromatic N) is 3. The van der Waals surface area contributed by atoms with E-state index < -0.39 is 0 Å². The van der Waals surface area contributed by atoms with Crippen LogP contribution in [-0.4, -0.2) is 36.0 Å². The summed E-state index contributed by atoms with van der Waals surface area (Å²) in [6, 6.07) is 1.98. The van der Waals surface area contributed by atoms with Crippen molar-refractivity contribution in [3.8, 4) is 0 Å². The molecule has 0 aromatic carbocycles. The molecule has 5 nitrogen and oxygen atoms in total. The van der Waals surface area contributed by atoms with Gasteiger partial charge >= 0.3 is 0 Å². The molecule has 1 N–H and O–H groups in total. The van der Waals surface area contributed by atoms with Crippen LogP contribution in [0.2, 0.25) is 0 Å². The van der Waals surface area contributed by atoms with Crippen molar-refractivity contribution in [1.82, 2.24) is 15.1 Å². The molecule has 0 amide bonds. The zero-order chi connectivity index (χ0) is 14.3. The molecule has 108 valence electrons. The van der Waals surface area contributed by atoms with E-state index >= 15 is 0 Å². The highest BCUT2D eigenvalue weighted by Gasteiger charge is 2.09. The molecule has 0 radical (unpaired) electrons. The Morgan fingerprint density at radius 1 is 1.37 bits per heavy atom. The zero-order valence-electron chi connectivity index (χ0n) is 12.5. The Labute approximate surface area is 115 Å². The van der Waals surface area contributed by atoms with Gasteiger partial charge in [0.15, 0.2) is 0 Å². The van der Waals surface area contributed by atoms with Gasteiger partial charge in [-0.25, -0.2) is 4.68 Å². The lowest BCUT2D eigenvalue weighted by atomic mass is 10.2. The minimum atomic E-state index is -0.0271. The Kier molecular flexibility index (Phi) is 6.56.